The van der Waals surface area contributed by atoms with Gasteiger partial charge in [-0.3, -0.25) is 29.9 Å². The Hall–Kier alpha value is -3.16. The highest BCUT2D eigenvalue weighted by Gasteiger charge is 2.26. The van der Waals surface area contributed by atoms with Gasteiger partial charge in [-0.05, 0) is 18.4 Å². The number of rotatable bonds is 4. The van der Waals surface area contributed by atoms with E-state index in [-0.39, 0.29) is 11.6 Å². The molecule has 1 aliphatic rings. The molecule has 1 aliphatic carbocycles. The Labute approximate surface area is 138 Å². The average molecular weight is 327 g/mol. The Kier molecular flexibility index (Phi) is 4.55. The van der Waals surface area contributed by atoms with Crippen molar-refractivity contribution in [2.45, 2.75) is 25.4 Å². The summed E-state index contributed by atoms with van der Waals surface area (Å²) in [6.07, 6.45) is 4.73. The summed E-state index contributed by atoms with van der Waals surface area (Å²) < 4.78 is 1.62. The number of aromatic nitrogens is 2. The molecular weight excluding hydrogens is 310 g/mol. The van der Waals surface area contributed by atoms with Crippen LogP contribution in [0.3, 0.4) is 0 Å². The lowest BCUT2D eigenvalue weighted by molar-refractivity contribution is -0.139. The van der Waals surface area contributed by atoms with Gasteiger partial charge in [0.15, 0.2) is 0 Å². The summed E-state index contributed by atoms with van der Waals surface area (Å²) in [5.41, 5.74) is 5.62. The normalized spacial score (nSPS) is 13.2. The van der Waals surface area contributed by atoms with Crippen LogP contribution in [0.25, 0.3) is 0 Å². The third kappa shape index (κ3) is 4.19. The molecule has 0 saturated heterocycles. The van der Waals surface area contributed by atoms with Crippen molar-refractivity contribution in [1.82, 2.24) is 25.9 Å². The Bertz CT molecular complexity index is 752. The molecule has 0 aliphatic heterocycles. The van der Waals surface area contributed by atoms with E-state index in [1.54, 1.807) is 10.9 Å². The maximum atomic E-state index is 12.0. The lowest BCUT2D eigenvalue weighted by Gasteiger charge is -2.06. The van der Waals surface area contributed by atoms with E-state index in [1.807, 2.05) is 30.3 Å². The van der Waals surface area contributed by atoms with E-state index in [2.05, 4.69) is 21.3 Å². The summed E-state index contributed by atoms with van der Waals surface area (Å²) in [6, 6.07) is 9.77. The van der Waals surface area contributed by atoms with Crippen LogP contribution in [-0.2, 0) is 16.1 Å². The molecule has 0 spiro atoms. The lowest BCUT2D eigenvalue weighted by Crippen LogP contribution is -2.48. The Morgan fingerprint density at radius 1 is 1.08 bits per heavy atom. The Balaban J connectivity index is 1.50. The van der Waals surface area contributed by atoms with E-state index in [9.17, 15) is 14.4 Å². The molecule has 1 saturated carbocycles. The molecule has 2 aromatic rings. The molecule has 3 N–H and O–H groups in total. The first-order valence-corrected chi connectivity index (χ1v) is 7.59. The molecule has 0 radical (unpaired) electrons. The zero-order valence-corrected chi connectivity index (χ0v) is 12.9. The summed E-state index contributed by atoms with van der Waals surface area (Å²) in [5, 5.41) is 6.64. The van der Waals surface area contributed by atoms with E-state index < -0.39 is 17.7 Å². The van der Waals surface area contributed by atoms with Gasteiger partial charge >= 0.3 is 11.8 Å². The number of carbonyl (C=O) groups excluding carboxylic acids is 3. The minimum Gasteiger partial charge on any atom is -0.345 e. The van der Waals surface area contributed by atoms with Crippen molar-refractivity contribution < 1.29 is 14.4 Å². The second-order valence-corrected chi connectivity index (χ2v) is 5.57. The number of carbonyl (C=O) groups is 3. The number of benzene rings is 1. The van der Waals surface area contributed by atoms with Crippen LogP contribution in [-0.4, -0.2) is 33.5 Å². The third-order valence-electron chi connectivity index (χ3n) is 3.49. The van der Waals surface area contributed by atoms with Crippen molar-refractivity contribution in [2.24, 2.45) is 0 Å². The predicted octanol–water partition coefficient (Wildman–Crippen LogP) is -0.0290. The van der Waals surface area contributed by atoms with Gasteiger partial charge in [0.1, 0.15) is 0 Å². The van der Waals surface area contributed by atoms with Crippen LogP contribution < -0.4 is 16.2 Å². The van der Waals surface area contributed by atoms with Gasteiger partial charge in [0, 0.05) is 12.2 Å². The minimum atomic E-state index is -0.896. The molecular formula is C16H17N5O3. The monoisotopic (exact) mass is 327 g/mol. The van der Waals surface area contributed by atoms with E-state index in [0.717, 1.165) is 18.4 Å². The average Bonchev–Trinajstić information content (AvgIpc) is 3.28. The van der Waals surface area contributed by atoms with Gasteiger partial charge < -0.3 is 5.32 Å². The van der Waals surface area contributed by atoms with E-state index in [1.165, 1.54) is 6.20 Å². The van der Waals surface area contributed by atoms with Crippen molar-refractivity contribution in [2.75, 3.05) is 0 Å². The number of hydrogen-bond acceptors (Lipinski definition) is 4. The van der Waals surface area contributed by atoms with Gasteiger partial charge in [-0.15, -0.1) is 0 Å². The first kappa shape index (κ1) is 15.7. The van der Waals surface area contributed by atoms with Crippen molar-refractivity contribution in [3.8, 4) is 0 Å². The molecule has 0 unspecified atom stereocenters. The maximum Gasteiger partial charge on any atom is 0.327 e. The van der Waals surface area contributed by atoms with Crippen LogP contribution in [0.5, 0.6) is 0 Å². The molecule has 124 valence electrons. The summed E-state index contributed by atoms with van der Waals surface area (Å²) in [7, 11) is 0. The van der Waals surface area contributed by atoms with Gasteiger partial charge in [-0.25, -0.2) is 0 Å². The fourth-order valence-corrected chi connectivity index (χ4v) is 2.06. The molecule has 0 atom stereocenters. The first-order chi connectivity index (χ1) is 11.6. The highest BCUT2D eigenvalue weighted by Crippen LogP contribution is 2.18. The molecule has 1 fully saturated rings. The van der Waals surface area contributed by atoms with Crippen molar-refractivity contribution in [3.63, 3.8) is 0 Å². The van der Waals surface area contributed by atoms with Gasteiger partial charge in [0.25, 0.3) is 5.91 Å². The lowest BCUT2D eigenvalue weighted by atomic mass is 10.2. The smallest absolute Gasteiger partial charge is 0.327 e. The van der Waals surface area contributed by atoms with Gasteiger partial charge in [-0.1, -0.05) is 30.3 Å². The standard InChI is InChI=1S/C16H17N5O3/c22-14(19-20-16(24)15(23)18-13-6-7-13)12-8-17-21(10-12)9-11-4-2-1-3-5-11/h1-5,8,10,13H,6-7,9H2,(H,18,23)(H,19,22)(H,20,24). The molecule has 8 heteroatoms. The van der Waals surface area contributed by atoms with E-state index in [0.29, 0.717) is 6.54 Å². The van der Waals surface area contributed by atoms with Crippen LogP contribution in [0.4, 0.5) is 0 Å². The molecule has 1 aromatic carbocycles. The maximum absolute atomic E-state index is 12.0. The van der Waals surface area contributed by atoms with Crippen LogP contribution in [0.1, 0.15) is 28.8 Å². The van der Waals surface area contributed by atoms with Crippen molar-refractivity contribution >= 4 is 17.7 Å². The highest BCUT2D eigenvalue weighted by molar-refractivity contribution is 6.35. The van der Waals surface area contributed by atoms with Crippen LogP contribution in [0.2, 0.25) is 0 Å². The number of nitrogens with one attached hydrogen (secondary N) is 3. The quantitative estimate of drug-likeness (QED) is 0.542. The summed E-state index contributed by atoms with van der Waals surface area (Å²) in [5.74, 6) is -2.19. The van der Waals surface area contributed by atoms with Crippen LogP contribution in [0.15, 0.2) is 42.7 Å². The summed E-state index contributed by atoms with van der Waals surface area (Å²) in [4.78, 5) is 34.9. The molecule has 3 amide bonds. The SMILES string of the molecule is O=C(NNC(=O)c1cnn(Cc2ccccc2)c1)C(=O)NC1CC1. The highest BCUT2D eigenvalue weighted by atomic mass is 16.2. The van der Waals surface area contributed by atoms with Gasteiger partial charge in [0.05, 0.1) is 18.3 Å². The number of hydrogen-bond donors (Lipinski definition) is 3. The molecule has 1 aromatic heterocycles. The minimum absolute atomic E-state index is 0.0789. The van der Waals surface area contributed by atoms with E-state index in [4.69, 9.17) is 0 Å². The van der Waals surface area contributed by atoms with Crippen LogP contribution >= 0.6 is 0 Å². The van der Waals surface area contributed by atoms with Crippen molar-refractivity contribution in [3.05, 3.63) is 53.9 Å². The zero-order chi connectivity index (χ0) is 16.9. The topological polar surface area (TPSA) is 105 Å². The fraction of sp³-hybridized carbons (Fsp3) is 0.250. The molecule has 8 nitrogen and oxygen atoms in total. The molecule has 24 heavy (non-hydrogen) atoms. The zero-order valence-electron chi connectivity index (χ0n) is 12.9. The van der Waals surface area contributed by atoms with Gasteiger partial charge in [-0.2, -0.15) is 5.10 Å². The summed E-state index contributed by atoms with van der Waals surface area (Å²) >= 11 is 0. The first-order valence-electron chi connectivity index (χ1n) is 7.59. The van der Waals surface area contributed by atoms with Crippen LogP contribution in [0, 0.1) is 0 Å². The third-order valence-corrected chi connectivity index (χ3v) is 3.49. The number of nitrogens with zero attached hydrogens (tertiary/aromatic N) is 2. The second kappa shape index (κ2) is 6.95. The number of amides is 3. The second-order valence-electron chi connectivity index (χ2n) is 5.57. The predicted molar refractivity (Wildman–Crippen MR) is 84.5 cm³/mol. The van der Waals surface area contributed by atoms with E-state index >= 15 is 0 Å². The number of hydrazine groups is 1. The van der Waals surface area contributed by atoms with Crippen molar-refractivity contribution in [1.29, 1.82) is 0 Å². The fourth-order valence-electron chi connectivity index (χ4n) is 2.06. The van der Waals surface area contributed by atoms with Gasteiger partial charge in [0.2, 0.25) is 0 Å². The Morgan fingerprint density at radius 3 is 2.54 bits per heavy atom. The molecule has 1 heterocycles. The largest absolute Gasteiger partial charge is 0.345 e. The Morgan fingerprint density at radius 2 is 1.83 bits per heavy atom. The molecule has 3 rings (SSSR count). The summed E-state index contributed by atoms with van der Waals surface area (Å²) in [6.45, 7) is 0.532. The molecule has 0 bridgehead atoms.